The van der Waals surface area contributed by atoms with Crippen LogP contribution in [0.3, 0.4) is 0 Å². The third-order valence-electron chi connectivity index (χ3n) is 6.41. The van der Waals surface area contributed by atoms with Crippen molar-refractivity contribution in [2.45, 2.75) is 50.4 Å². The zero-order valence-electron chi connectivity index (χ0n) is 15.1. The summed E-state index contributed by atoms with van der Waals surface area (Å²) in [5.41, 5.74) is 2.63. The fraction of sp³-hybridized carbons (Fsp3) is 0.417. The van der Waals surface area contributed by atoms with E-state index in [2.05, 4.69) is 48.5 Å². The predicted molar refractivity (Wildman–Crippen MR) is 103 cm³/mol. The fourth-order valence-corrected chi connectivity index (χ4v) is 4.95. The molecule has 0 amide bonds. The Morgan fingerprint density at radius 2 is 0.962 bits per heavy atom. The molecule has 2 heteroatoms. The second kappa shape index (κ2) is 7.57. The van der Waals surface area contributed by atoms with Crippen LogP contribution in [0.4, 0.5) is 0 Å². The molecule has 0 aromatic heterocycles. The lowest BCUT2D eigenvalue weighted by molar-refractivity contribution is -0.136. The monoisotopic (exact) mass is 346 g/mol. The van der Waals surface area contributed by atoms with Gasteiger partial charge in [-0.15, -0.1) is 0 Å². The molecule has 0 saturated heterocycles. The van der Waals surface area contributed by atoms with E-state index in [1.165, 1.54) is 11.1 Å². The molecule has 2 nitrogen and oxygen atoms in total. The molecule has 4 unspecified atom stereocenters. The van der Waals surface area contributed by atoms with Gasteiger partial charge in [-0.25, -0.2) is 0 Å². The lowest BCUT2D eigenvalue weighted by atomic mass is 9.65. The van der Waals surface area contributed by atoms with Gasteiger partial charge in [0.2, 0.25) is 0 Å². The van der Waals surface area contributed by atoms with Crippen molar-refractivity contribution >= 4 is 11.6 Å². The summed E-state index contributed by atoms with van der Waals surface area (Å²) < 4.78 is 0. The summed E-state index contributed by atoms with van der Waals surface area (Å²) >= 11 is 0. The molecule has 26 heavy (non-hydrogen) atoms. The SMILES string of the molecule is O=C1CCC(c2ccccc2)CC1C1CC(c2ccccc2)CCC1=O. The first kappa shape index (κ1) is 17.2. The number of hydrogen-bond acceptors (Lipinski definition) is 2. The summed E-state index contributed by atoms with van der Waals surface area (Å²) in [6, 6.07) is 21.0. The van der Waals surface area contributed by atoms with Gasteiger partial charge in [-0.1, -0.05) is 60.7 Å². The first-order valence-corrected chi connectivity index (χ1v) is 9.87. The highest BCUT2D eigenvalue weighted by Gasteiger charge is 2.41. The number of rotatable bonds is 3. The zero-order valence-corrected chi connectivity index (χ0v) is 15.1. The summed E-state index contributed by atoms with van der Waals surface area (Å²) in [5, 5.41) is 0. The first-order valence-electron chi connectivity index (χ1n) is 9.87. The second-order valence-electron chi connectivity index (χ2n) is 7.91. The van der Waals surface area contributed by atoms with Crippen LogP contribution in [0, 0.1) is 11.8 Å². The molecule has 2 saturated carbocycles. The van der Waals surface area contributed by atoms with Gasteiger partial charge >= 0.3 is 0 Å². The van der Waals surface area contributed by atoms with E-state index in [0.29, 0.717) is 36.2 Å². The van der Waals surface area contributed by atoms with Crippen molar-refractivity contribution in [1.82, 2.24) is 0 Å². The Labute approximate surface area is 155 Å². The van der Waals surface area contributed by atoms with Gasteiger partial charge in [0, 0.05) is 24.7 Å². The van der Waals surface area contributed by atoms with Crippen molar-refractivity contribution < 1.29 is 9.59 Å². The molecular weight excluding hydrogens is 320 g/mol. The molecule has 2 aliphatic rings. The molecule has 134 valence electrons. The smallest absolute Gasteiger partial charge is 0.136 e. The van der Waals surface area contributed by atoms with Crippen LogP contribution >= 0.6 is 0 Å². The van der Waals surface area contributed by atoms with Crippen molar-refractivity contribution in [2.24, 2.45) is 11.8 Å². The molecule has 4 atom stereocenters. The van der Waals surface area contributed by atoms with Crippen LogP contribution in [0.25, 0.3) is 0 Å². The average Bonchev–Trinajstić information content (AvgIpc) is 2.70. The lowest BCUT2D eigenvalue weighted by Gasteiger charge is -2.37. The third kappa shape index (κ3) is 3.51. The second-order valence-corrected chi connectivity index (χ2v) is 7.91. The van der Waals surface area contributed by atoms with Gasteiger partial charge in [0.05, 0.1) is 0 Å². The van der Waals surface area contributed by atoms with Gasteiger partial charge in [0.1, 0.15) is 11.6 Å². The Morgan fingerprint density at radius 3 is 1.35 bits per heavy atom. The van der Waals surface area contributed by atoms with Crippen molar-refractivity contribution in [1.29, 1.82) is 0 Å². The molecule has 0 spiro atoms. The largest absolute Gasteiger partial charge is 0.299 e. The highest BCUT2D eigenvalue weighted by Crippen LogP contribution is 2.44. The van der Waals surface area contributed by atoms with Crippen molar-refractivity contribution in [3.8, 4) is 0 Å². The number of Topliss-reactive ketones (excluding diaryl/α,β-unsaturated/α-hetero) is 2. The maximum absolute atomic E-state index is 12.7. The van der Waals surface area contributed by atoms with Gasteiger partial charge in [0.25, 0.3) is 0 Å². The standard InChI is InChI=1S/C24H26O2/c25-23-13-11-19(17-7-3-1-4-8-17)15-21(23)22-16-20(12-14-24(22)26)18-9-5-2-6-10-18/h1-10,19-22H,11-16H2. The Kier molecular flexibility index (Phi) is 5.01. The number of carbonyl (C=O) groups is 2. The van der Waals surface area contributed by atoms with Crippen LogP contribution in [0.1, 0.15) is 61.5 Å². The number of benzene rings is 2. The minimum absolute atomic E-state index is 0.0898. The Hall–Kier alpha value is -2.22. The van der Waals surface area contributed by atoms with E-state index in [9.17, 15) is 9.59 Å². The summed E-state index contributed by atoms with van der Waals surface area (Å²) in [5.74, 6) is 1.25. The van der Waals surface area contributed by atoms with Crippen molar-refractivity contribution in [2.75, 3.05) is 0 Å². The minimum atomic E-state index is -0.0898. The van der Waals surface area contributed by atoms with Gasteiger partial charge < -0.3 is 0 Å². The molecule has 0 radical (unpaired) electrons. The molecule has 2 fully saturated rings. The molecule has 2 aliphatic carbocycles. The van der Waals surface area contributed by atoms with E-state index in [0.717, 1.165) is 25.7 Å². The zero-order chi connectivity index (χ0) is 17.9. The van der Waals surface area contributed by atoms with E-state index < -0.39 is 0 Å². The van der Waals surface area contributed by atoms with Crippen molar-refractivity contribution in [3.05, 3.63) is 71.8 Å². The normalized spacial score (nSPS) is 29.5. The number of hydrogen-bond donors (Lipinski definition) is 0. The number of carbonyl (C=O) groups excluding carboxylic acids is 2. The molecule has 0 heterocycles. The Morgan fingerprint density at radius 1 is 0.577 bits per heavy atom. The third-order valence-corrected chi connectivity index (χ3v) is 6.41. The minimum Gasteiger partial charge on any atom is -0.299 e. The molecule has 4 rings (SSSR count). The molecule has 2 aromatic rings. The molecular formula is C24H26O2. The summed E-state index contributed by atoms with van der Waals surface area (Å²) in [4.78, 5) is 25.4. The molecule has 0 N–H and O–H groups in total. The van der Waals surface area contributed by atoms with Crippen LogP contribution in [0.15, 0.2) is 60.7 Å². The van der Waals surface area contributed by atoms with Gasteiger partial charge in [-0.2, -0.15) is 0 Å². The summed E-state index contributed by atoms with van der Waals surface area (Å²) in [6.45, 7) is 0. The van der Waals surface area contributed by atoms with E-state index in [4.69, 9.17) is 0 Å². The van der Waals surface area contributed by atoms with Crippen LogP contribution in [-0.2, 0) is 9.59 Å². The summed E-state index contributed by atoms with van der Waals surface area (Å²) in [7, 11) is 0. The average molecular weight is 346 g/mol. The molecule has 0 aliphatic heterocycles. The Bertz CT molecular complexity index is 698. The maximum atomic E-state index is 12.7. The summed E-state index contributed by atoms with van der Waals surface area (Å²) in [6.07, 6.45) is 4.74. The highest BCUT2D eigenvalue weighted by atomic mass is 16.1. The topological polar surface area (TPSA) is 34.1 Å². The molecule has 0 bridgehead atoms. The fourth-order valence-electron chi connectivity index (χ4n) is 4.95. The van der Waals surface area contributed by atoms with Crippen LogP contribution in [0.2, 0.25) is 0 Å². The lowest BCUT2D eigenvalue weighted by Crippen LogP contribution is -2.37. The van der Waals surface area contributed by atoms with E-state index in [1.807, 2.05) is 12.1 Å². The van der Waals surface area contributed by atoms with E-state index in [-0.39, 0.29) is 11.8 Å². The van der Waals surface area contributed by atoms with Crippen molar-refractivity contribution in [3.63, 3.8) is 0 Å². The quantitative estimate of drug-likeness (QED) is 0.756. The number of ketones is 2. The van der Waals surface area contributed by atoms with E-state index >= 15 is 0 Å². The molecule has 2 aromatic carbocycles. The van der Waals surface area contributed by atoms with Gasteiger partial charge in [-0.05, 0) is 48.6 Å². The van der Waals surface area contributed by atoms with Crippen LogP contribution < -0.4 is 0 Å². The van der Waals surface area contributed by atoms with Gasteiger partial charge in [0.15, 0.2) is 0 Å². The first-order chi connectivity index (χ1) is 12.7. The Balaban J connectivity index is 1.53. The maximum Gasteiger partial charge on any atom is 0.136 e. The predicted octanol–water partition coefficient (Wildman–Crippen LogP) is 5.29. The van der Waals surface area contributed by atoms with Gasteiger partial charge in [-0.3, -0.25) is 9.59 Å². The van der Waals surface area contributed by atoms with Crippen LogP contribution in [0.5, 0.6) is 0 Å². The van der Waals surface area contributed by atoms with Crippen LogP contribution in [-0.4, -0.2) is 11.6 Å². The van der Waals surface area contributed by atoms with E-state index in [1.54, 1.807) is 0 Å². The highest BCUT2D eigenvalue weighted by molar-refractivity contribution is 5.91.